The predicted octanol–water partition coefficient (Wildman–Crippen LogP) is 1.49. The van der Waals surface area contributed by atoms with Gasteiger partial charge in [-0.2, -0.15) is 0 Å². The highest BCUT2D eigenvalue weighted by molar-refractivity contribution is 4.89. The van der Waals surface area contributed by atoms with Crippen molar-refractivity contribution < 1.29 is 5.11 Å². The second-order valence-corrected chi connectivity index (χ2v) is 4.71. The molecule has 0 bridgehead atoms. The molecule has 0 aromatic carbocycles. The zero-order valence-electron chi connectivity index (χ0n) is 8.58. The van der Waals surface area contributed by atoms with Crippen LogP contribution in [-0.4, -0.2) is 35.7 Å². The molecule has 2 heteroatoms. The Morgan fingerprint density at radius 2 is 2.08 bits per heavy atom. The topological polar surface area (TPSA) is 23.5 Å². The molecule has 2 nitrogen and oxygen atoms in total. The minimum Gasteiger partial charge on any atom is -0.396 e. The van der Waals surface area contributed by atoms with E-state index in [-0.39, 0.29) is 0 Å². The Balaban J connectivity index is 2.04. The van der Waals surface area contributed by atoms with Crippen molar-refractivity contribution in [2.75, 3.05) is 19.7 Å². The summed E-state index contributed by atoms with van der Waals surface area (Å²) in [7, 11) is 0. The molecule has 0 unspecified atom stereocenters. The standard InChI is InChI=1S/C11H21NO/c1-9-5-7-12-6-3-2-4-11(12)10(9)8-13/h9-11,13H,2-8H2,1H3/t9-,10+,11-/m1/s1. The number of rotatable bonds is 1. The van der Waals surface area contributed by atoms with Gasteiger partial charge in [0.05, 0.1) is 0 Å². The average molecular weight is 183 g/mol. The van der Waals surface area contributed by atoms with Gasteiger partial charge in [0.2, 0.25) is 0 Å². The Morgan fingerprint density at radius 3 is 2.85 bits per heavy atom. The van der Waals surface area contributed by atoms with Crippen LogP contribution >= 0.6 is 0 Å². The maximum Gasteiger partial charge on any atom is 0.0476 e. The van der Waals surface area contributed by atoms with Crippen molar-refractivity contribution in [1.29, 1.82) is 0 Å². The summed E-state index contributed by atoms with van der Waals surface area (Å²) in [5.74, 6) is 1.28. The van der Waals surface area contributed by atoms with Gasteiger partial charge < -0.3 is 10.0 Å². The van der Waals surface area contributed by atoms with Gasteiger partial charge in [-0.15, -0.1) is 0 Å². The third-order valence-corrected chi connectivity index (χ3v) is 3.97. The SMILES string of the molecule is C[C@@H]1CCN2CCCC[C@@H]2[C@H]1CO. The monoisotopic (exact) mass is 183 g/mol. The van der Waals surface area contributed by atoms with Crippen LogP contribution in [0.4, 0.5) is 0 Å². The zero-order valence-corrected chi connectivity index (χ0v) is 8.58. The summed E-state index contributed by atoms with van der Waals surface area (Å²) < 4.78 is 0. The summed E-state index contributed by atoms with van der Waals surface area (Å²) in [4.78, 5) is 2.60. The first-order valence-electron chi connectivity index (χ1n) is 5.68. The minimum absolute atomic E-state index is 0.391. The third kappa shape index (κ3) is 1.75. The Labute approximate surface area is 80.9 Å². The lowest BCUT2D eigenvalue weighted by atomic mass is 9.77. The normalized spacial score (nSPS) is 41.5. The number of nitrogens with zero attached hydrogens (tertiary/aromatic N) is 1. The number of aliphatic hydroxyl groups excluding tert-OH is 1. The summed E-state index contributed by atoms with van der Waals surface area (Å²) in [6.45, 7) is 5.23. The van der Waals surface area contributed by atoms with Crippen LogP contribution in [0.25, 0.3) is 0 Å². The molecule has 3 atom stereocenters. The molecule has 0 aromatic rings. The first kappa shape index (κ1) is 9.47. The fourth-order valence-electron chi connectivity index (χ4n) is 3.04. The predicted molar refractivity (Wildman–Crippen MR) is 53.6 cm³/mol. The van der Waals surface area contributed by atoms with Gasteiger partial charge >= 0.3 is 0 Å². The number of hydrogen-bond acceptors (Lipinski definition) is 2. The highest BCUT2D eigenvalue weighted by Gasteiger charge is 2.36. The molecule has 1 N–H and O–H groups in total. The van der Waals surface area contributed by atoms with Crippen LogP contribution in [0.3, 0.4) is 0 Å². The largest absolute Gasteiger partial charge is 0.396 e. The summed E-state index contributed by atoms with van der Waals surface area (Å²) >= 11 is 0. The molecule has 2 saturated heterocycles. The number of piperidine rings is 2. The minimum atomic E-state index is 0.391. The van der Waals surface area contributed by atoms with E-state index in [1.165, 1.54) is 38.8 Å². The molecule has 0 saturated carbocycles. The van der Waals surface area contributed by atoms with E-state index in [1.807, 2.05) is 0 Å². The van der Waals surface area contributed by atoms with Gasteiger partial charge in [0.25, 0.3) is 0 Å². The molecule has 0 aliphatic carbocycles. The van der Waals surface area contributed by atoms with E-state index in [2.05, 4.69) is 11.8 Å². The van der Waals surface area contributed by atoms with E-state index in [0.29, 0.717) is 18.6 Å². The molecule has 0 amide bonds. The molecule has 0 spiro atoms. The van der Waals surface area contributed by atoms with Gasteiger partial charge in [0, 0.05) is 18.6 Å². The molecule has 13 heavy (non-hydrogen) atoms. The van der Waals surface area contributed by atoms with Crippen molar-refractivity contribution in [1.82, 2.24) is 4.90 Å². The maximum absolute atomic E-state index is 9.37. The molecule has 2 fully saturated rings. The Morgan fingerprint density at radius 1 is 1.23 bits per heavy atom. The van der Waals surface area contributed by atoms with E-state index in [0.717, 1.165) is 5.92 Å². The van der Waals surface area contributed by atoms with Crippen LogP contribution in [0, 0.1) is 11.8 Å². The van der Waals surface area contributed by atoms with Crippen molar-refractivity contribution in [3.63, 3.8) is 0 Å². The van der Waals surface area contributed by atoms with Gasteiger partial charge in [0.15, 0.2) is 0 Å². The number of hydrogen-bond donors (Lipinski definition) is 1. The molecule has 0 aromatic heterocycles. The Hall–Kier alpha value is -0.0800. The molecule has 2 aliphatic rings. The lowest BCUT2D eigenvalue weighted by Crippen LogP contribution is -2.51. The summed E-state index contributed by atoms with van der Waals surface area (Å²) in [5.41, 5.74) is 0. The number of fused-ring (bicyclic) bond motifs is 1. The van der Waals surface area contributed by atoms with Gasteiger partial charge in [-0.1, -0.05) is 13.3 Å². The van der Waals surface area contributed by atoms with Crippen LogP contribution in [0.1, 0.15) is 32.6 Å². The third-order valence-electron chi connectivity index (χ3n) is 3.97. The summed E-state index contributed by atoms with van der Waals surface area (Å²) in [6, 6.07) is 0.697. The zero-order chi connectivity index (χ0) is 9.26. The summed E-state index contributed by atoms with van der Waals surface area (Å²) in [6.07, 6.45) is 5.32. The van der Waals surface area contributed by atoms with E-state index >= 15 is 0 Å². The van der Waals surface area contributed by atoms with E-state index in [1.54, 1.807) is 0 Å². The summed E-state index contributed by atoms with van der Waals surface area (Å²) in [5, 5.41) is 9.37. The van der Waals surface area contributed by atoms with Crippen LogP contribution in [0.2, 0.25) is 0 Å². The fraction of sp³-hybridized carbons (Fsp3) is 1.00. The van der Waals surface area contributed by atoms with Crippen LogP contribution in [-0.2, 0) is 0 Å². The molecule has 2 aliphatic heterocycles. The van der Waals surface area contributed by atoms with E-state index in [9.17, 15) is 5.11 Å². The average Bonchev–Trinajstić information content (AvgIpc) is 2.18. The fourth-order valence-corrected chi connectivity index (χ4v) is 3.04. The Kier molecular flexibility index (Phi) is 2.89. The van der Waals surface area contributed by atoms with Crippen molar-refractivity contribution in [3.8, 4) is 0 Å². The molecular weight excluding hydrogens is 162 g/mol. The maximum atomic E-state index is 9.37. The van der Waals surface area contributed by atoms with E-state index in [4.69, 9.17) is 0 Å². The van der Waals surface area contributed by atoms with Crippen molar-refractivity contribution in [3.05, 3.63) is 0 Å². The van der Waals surface area contributed by atoms with Crippen molar-refractivity contribution in [2.24, 2.45) is 11.8 Å². The number of aliphatic hydroxyl groups is 1. The molecule has 2 heterocycles. The molecule has 76 valence electrons. The van der Waals surface area contributed by atoms with Crippen LogP contribution in [0.5, 0.6) is 0 Å². The lowest BCUT2D eigenvalue weighted by molar-refractivity contribution is 0.0000849. The van der Waals surface area contributed by atoms with Crippen LogP contribution in [0.15, 0.2) is 0 Å². The lowest BCUT2D eigenvalue weighted by Gasteiger charge is -2.46. The molecule has 0 radical (unpaired) electrons. The highest BCUT2D eigenvalue weighted by Crippen LogP contribution is 2.33. The van der Waals surface area contributed by atoms with Gasteiger partial charge in [0.1, 0.15) is 0 Å². The quantitative estimate of drug-likeness (QED) is 0.666. The van der Waals surface area contributed by atoms with Crippen LogP contribution < -0.4 is 0 Å². The first-order chi connectivity index (χ1) is 6.33. The first-order valence-corrected chi connectivity index (χ1v) is 5.68. The Bertz CT molecular complexity index is 171. The second kappa shape index (κ2) is 3.97. The van der Waals surface area contributed by atoms with Gasteiger partial charge in [-0.3, -0.25) is 0 Å². The van der Waals surface area contributed by atoms with Crippen molar-refractivity contribution >= 4 is 0 Å². The second-order valence-electron chi connectivity index (χ2n) is 4.71. The highest BCUT2D eigenvalue weighted by atomic mass is 16.3. The molecule has 2 rings (SSSR count). The molecular formula is C11H21NO. The van der Waals surface area contributed by atoms with Gasteiger partial charge in [-0.25, -0.2) is 0 Å². The van der Waals surface area contributed by atoms with Crippen molar-refractivity contribution in [2.45, 2.75) is 38.6 Å². The van der Waals surface area contributed by atoms with Gasteiger partial charge in [-0.05, 0) is 38.3 Å². The van der Waals surface area contributed by atoms with E-state index < -0.39 is 0 Å². The smallest absolute Gasteiger partial charge is 0.0476 e.